The number of benzene rings is 2. The molecule has 2 aromatic carbocycles. The van der Waals surface area contributed by atoms with Crippen molar-refractivity contribution in [1.29, 1.82) is 0 Å². The first-order valence-electron chi connectivity index (χ1n) is 7.50. The lowest BCUT2D eigenvalue weighted by Crippen LogP contribution is -2.02. The Labute approximate surface area is 140 Å². The first kappa shape index (κ1) is 15.8. The number of oxime groups is 1. The van der Waals surface area contributed by atoms with E-state index in [0.717, 1.165) is 11.1 Å². The molecule has 122 valence electrons. The molecule has 0 bridgehead atoms. The van der Waals surface area contributed by atoms with Crippen molar-refractivity contribution >= 4 is 17.8 Å². The Kier molecular flexibility index (Phi) is 4.61. The molecule has 0 amide bonds. The van der Waals surface area contributed by atoms with Gasteiger partial charge < -0.3 is 14.3 Å². The molecular weight excluding hydrogens is 306 g/mol. The molecule has 1 aliphatic rings. The van der Waals surface area contributed by atoms with E-state index in [0.29, 0.717) is 29.4 Å². The maximum absolute atomic E-state index is 11.6. The van der Waals surface area contributed by atoms with Crippen LogP contribution >= 0.6 is 0 Å². The summed E-state index contributed by atoms with van der Waals surface area (Å²) in [6.45, 7) is 2.18. The molecule has 0 N–H and O–H groups in total. The van der Waals surface area contributed by atoms with Crippen molar-refractivity contribution in [1.82, 2.24) is 0 Å². The fourth-order valence-corrected chi connectivity index (χ4v) is 2.31. The third kappa shape index (κ3) is 3.46. The molecule has 5 nitrogen and oxygen atoms in total. The summed E-state index contributed by atoms with van der Waals surface area (Å²) in [7, 11) is 1.58. The lowest BCUT2D eigenvalue weighted by Gasteiger charge is -2.11. The molecule has 1 heterocycles. The first-order chi connectivity index (χ1) is 11.7. The Bertz CT molecular complexity index is 809. The fraction of sp³-hybridized carbons (Fsp3) is 0.158. The maximum atomic E-state index is 11.6. The minimum Gasteiger partial charge on any atom is -0.493 e. The van der Waals surface area contributed by atoms with Crippen molar-refractivity contribution in [3.05, 3.63) is 65.2 Å². The van der Waals surface area contributed by atoms with Gasteiger partial charge in [-0.3, -0.25) is 0 Å². The van der Waals surface area contributed by atoms with E-state index in [1.807, 2.05) is 48.5 Å². The Morgan fingerprint density at radius 2 is 1.92 bits per heavy atom. The van der Waals surface area contributed by atoms with Crippen LogP contribution in [0.2, 0.25) is 0 Å². The largest absolute Gasteiger partial charge is 0.493 e. The van der Waals surface area contributed by atoms with E-state index in [1.165, 1.54) is 0 Å². The highest BCUT2D eigenvalue weighted by Gasteiger charge is 2.21. The highest BCUT2D eigenvalue weighted by molar-refractivity contribution is 6.24. The molecule has 3 rings (SSSR count). The van der Waals surface area contributed by atoms with Gasteiger partial charge in [0, 0.05) is 0 Å². The number of methoxy groups -OCH3 is 1. The third-order valence-electron chi connectivity index (χ3n) is 3.61. The number of hydrogen-bond donors (Lipinski definition) is 0. The van der Waals surface area contributed by atoms with Gasteiger partial charge in [0.2, 0.25) is 0 Å². The predicted molar refractivity (Wildman–Crippen MR) is 90.9 cm³/mol. The number of nitrogens with zero attached hydrogens (tertiary/aromatic N) is 1. The smallest absolute Gasteiger partial charge is 0.367 e. The van der Waals surface area contributed by atoms with Crippen LogP contribution in [0.3, 0.4) is 0 Å². The predicted octanol–water partition coefficient (Wildman–Crippen LogP) is 3.59. The zero-order valence-electron chi connectivity index (χ0n) is 13.5. The molecule has 1 aliphatic heterocycles. The number of rotatable bonds is 5. The summed E-state index contributed by atoms with van der Waals surface area (Å²) in [5.74, 6) is 0.792. The van der Waals surface area contributed by atoms with Crippen molar-refractivity contribution in [3.8, 4) is 11.5 Å². The van der Waals surface area contributed by atoms with E-state index in [1.54, 1.807) is 20.1 Å². The van der Waals surface area contributed by atoms with E-state index in [4.69, 9.17) is 9.47 Å². The Balaban J connectivity index is 1.79. The van der Waals surface area contributed by atoms with Gasteiger partial charge in [-0.2, -0.15) is 0 Å². The Morgan fingerprint density at radius 1 is 1.12 bits per heavy atom. The van der Waals surface area contributed by atoms with E-state index >= 15 is 0 Å². The second-order valence-corrected chi connectivity index (χ2v) is 5.30. The van der Waals surface area contributed by atoms with E-state index in [-0.39, 0.29) is 0 Å². The molecule has 0 spiro atoms. The van der Waals surface area contributed by atoms with Crippen LogP contribution in [-0.2, 0) is 16.2 Å². The molecule has 5 heteroatoms. The summed E-state index contributed by atoms with van der Waals surface area (Å²) in [4.78, 5) is 16.3. The molecule has 0 aliphatic carbocycles. The van der Waals surface area contributed by atoms with Crippen LogP contribution < -0.4 is 9.47 Å². The van der Waals surface area contributed by atoms with Gasteiger partial charge in [0.1, 0.15) is 6.61 Å². The van der Waals surface area contributed by atoms with Crippen molar-refractivity contribution in [3.63, 3.8) is 0 Å². The summed E-state index contributed by atoms with van der Waals surface area (Å²) in [5.41, 5.74) is 2.88. The van der Waals surface area contributed by atoms with Crippen LogP contribution in [0, 0.1) is 0 Å². The van der Waals surface area contributed by atoms with Crippen LogP contribution in [0.25, 0.3) is 6.08 Å². The zero-order chi connectivity index (χ0) is 16.9. The van der Waals surface area contributed by atoms with Gasteiger partial charge in [-0.15, -0.1) is 0 Å². The van der Waals surface area contributed by atoms with Crippen LogP contribution in [0.4, 0.5) is 0 Å². The summed E-state index contributed by atoms with van der Waals surface area (Å²) in [6, 6.07) is 15.4. The normalized spacial score (nSPS) is 15.2. The van der Waals surface area contributed by atoms with Crippen LogP contribution in [0.1, 0.15) is 18.1 Å². The molecule has 0 saturated heterocycles. The SMILES string of the molecule is COc1cc(/C=C2/C(=O)ON=C2C)ccc1OCc1ccccc1. The van der Waals surface area contributed by atoms with Crippen molar-refractivity contribution in [2.45, 2.75) is 13.5 Å². The lowest BCUT2D eigenvalue weighted by molar-refractivity contribution is -0.136. The molecule has 0 atom stereocenters. The second kappa shape index (κ2) is 7.00. The van der Waals surface area contributed by atoms with E-state index in [9.17, 15) is 4.79 Å². The number of carbonyl (C=O) groups is 1. The maximum Gasteiger partial charge on any atom is 0.367 e. The molecule has 0 radical (unpaired) electrons. The standard InChI is InChI=1S/C19H17NO4/c1-13-16(19(21)24-20-13)10-15-8-9-17(18(11-15)22-2)23-12-14-6-4-3-5-7-14/h3-11H,12H2,1-2H3/b16-10+. The molecule has 0 unspecified atom stereocenters. The van der Waals surface area contributed by atoms with Crippen LogP contribution in [-0.4, -0.2) is 18.8 Å². The average Bonchev–Trinajstić information content (AvgIpc) is 2.93. The van der Waals surface area contributed by atoms with Gasteiger partial charge in [-0.05, 0) is 36.3 Å². The topological polar surface area (TPSA) is 57.1 Å². The molecule has 24 heavy (non-hydrogen) atoms. The van der Waals surface area contributed by atoms with Crippen LogP contribution in [0.5, 0.6) is 11.5 Å². The van der Waals surface area contributed by atoms with Crippen molar-refractivity contribution < 1.29 is 19.1 Å². The first-order valence-corrected chi connectivity index (χ1v) is 7.50. The Morgan fingerprint density at radius 3 is 2.58 bits per heavy atom. The minimum atomic E-state index is -0.448. The number of ether oxygens (including phenoxy) is 2. The van der Waals surface area contributed by atoms with Crippen LogP contribution in [0.15, 0.2) is 59.3 Å². The van der Waals surface area contributed by atoms with Gasteiger partial charge in [0.25, 0.3) is 0 Å². The van der Waals surface area contributed by atoms with Gasteiger partial charge in [0.15, 0.2) is 11.5 Å². The molecule has 0 saturated carbocycles. The monoisotopic (exact) mass is 323 g/mol. The molecule has 0 aromatic heterocycles. The molecular formula is C19H17NO4. The summed E-state index contributed by atoms with van der Waals surface area (Å²) < 4.78 is 11.2. The van der Waals surface area contributed by atoms with Crippen molar-refractivity contribution in [2.75, 3.05) is 7.11 Å². The third-order valence-corrected chi connectivity index (χ3v) is 3.61. The molecule has 0 fully saturated rings. The average molecular weight is 323 g/mol. The molecule has 2 aromatic rings. The summed E-state index contributed by atoms with van der Waals surface area (Å²) >= 11 is 0. The van der Waals surface area contributed by atoms with E-state index in [2.05, 4.69) is 9.99 Å². The Hall–Kier alpha value is -3.08. The van der Waals surface area contributed by atoms with E-state index < -0.39 is 5.97 Å². The summed E-state index contributed by atoms with van der Waals surface area (Å²) in [5, 5.41) is 3.66. The highest BCUT2D eigenvalue weighted by Crippen LogP contribution is 2.30. The minimum absolute atomic E-state index is 0.440. The van der Waals surface area contributed by atoms with Gasteiger partial charge in [-0.1, -0.05) is 41.6 Å². The summed E-state index contributed by atoms with van der Waals surface area (Å²) in [6.07, 6.45) is 1.72. The number of hydrogen-bond acceptors (Lipinski definition) is 5. The fourth-order valence-electron chi connectivity index (χ4n) is 2.31. The number of carbonyl (C=O) groups excluding carboxylic acids is 1. The zero-order valence-corrected chi connectivity index (χ0v) is 13.5. The second-order valence-electron chi connectivity index (χ2n) is 5.30. The van der Waals surface area contributed by atoms with Gasteiger partial charge >= 0.3 is 5.97 Å². The van der Waals surface area contributed by atoms with Crippen molar-refractivity contribution in [2.24, 2.45) is 5.16 Å². The van der Waals surface area contributed by atoms with Gasteiger partial charge in [0.05, 0.1) is 18.4 Å². The highest BCUT2D eigenvalue weighted by atomic mass is 16.7. The quantitative estimate of drug-likeness (QED) is 0.623. The van der Waals surface area contributed by atoms with Gasteiger partial charge in [-0.25, -0.2) is 4.79 Å². The lowest BCUT2D eigenvalue weighted by atomic mass is 10.1.